The first-order valence-electron chi connectivity index (χ1n) is 8.02. The van der Waals surface area contributed by atoms with Gasteiger partial charge in [-0.05, 0) is 48.9 Å². The summed E-state index contributed by atoms with van der Waals surface area (Å²) < 4.78 is 6.46. The summed E-state index contributed by atoms with van der Waals surface area (Å²) >= 11 is 14.9. The Morgan fingerprint density at radius 3 is 2.70 bits per heavy atom. The van der Waals surface area contributed by atoms with Crippen molar-refractivity contribution in [3.63, 3.8) is 0 Å². The van der Waals surface area contributed by atoms with Crippen molar-refractivity contribution in [3.8, 4) is 5.75 Å². The predicted molar refractivity (Wildman–Crippen MR) is 110 cm³/mol. The van der Waals surface area contributed by atoms with Crippen molar-refractivity contribution in [2.75, 3.05) is 11.9 Å². The Morgan fingerprint density at radius 1 is 1.19 bits per heavy atom. The number of carbonyl (C=O) groups excluding carboxylic acids is 1. The molecule has 0 bridgehead atoms. The largest absolute Gasteiger partial charge is 0.492 e. The summed E-state index contributed by atoms with van der Waals surface area (Å²) in [5.74, 6) is 0.496. The second kappa shape index (κ2) is 9.94. The summed E-state index contributed by atoms with van der Waals surface area (Å²) in [6, 6.07) is 12.7. The van der Waals surface area contributed by atoms with Crippen molar-refractivity contribution in [2.45, 2.75) is 22.1 Å². The molecule has 1 heterocycles. The maximum absolute atomic E-state index is 12.0. The van der Waals surface area contributed by atoms with E-state index in [0.29, 0.717) is 35.2 Å². The van der Waals surface area contributed by atoms with Crippen LogP contribution in [0.2, 0.25) is 10.0 Å². The molecule has 1 aromatic heterocycles. The average Bonchev–Trinajstić information content (AvgIpc) is 3.15. The first kappa shape index (κ1) is 19.9. The number of nitrogens with zero attached hydrogens (tertiary/aromatic N) is 2. The zero-order valence-electron chi connectivity index (χ0n) is 14.0. The van der Waals surface area contributed by atoms with E-state index in [9.17, 15) is 4.79 Å². The number of halogens is 2. The molecule has 0 fully saturated rings. The highest BCUT2D eigenvalue weighted by molar-refractivity contribution is 8.01. The van der Waals surface area contributed by atoms with Crippen molar-refractivity contribution in [1.82, 2.24) is 10.2 Å². The van der Waals surface area contributed by atoms with Crippen LogP contribution in [0, 0.1) is 0 Å². The number of anilines is 1. The minimum atomic E-state index is -0.0645. The molecule has 0 atom stereocenters. The van der Waals surface area contributed by atoms with Crippen molar-refractivity contribution in [1.29, 1.82) is 0 Å². The van der Waals surface area contributed by atoms with Crippen LogP contribution < -0.4 is 10.1 Å². The second-order valence-corrected chi connectivity index (χ2v) is 8.40. The van der Waals surface area contributed by atoms with Crippen LogP contribution in [0.3, 0.4) is 0 Å². The van der Waals surface area contributed by atoms with Gasteiger partial charge in [-0.15, -0.1) is 10.2 Å². The highest BCUT2D eigenvalue weighted by Crippen LogP contribution is 2.29. The third-order valence-corrected chi connectivity index (χ3v) is 5.70. The predicted octanol–water partition coefficient (Wildman–Crippen LogP) is 5.79. The molecule has 0 saturated carbocycles. The van der Waals surface area contributed by atoms with Gasteiger partial charge in [0.15, 0.2) is 4.34 Å². The SMILES string of the molecule is O=C(CCCOc1ccc(Cl)cc1Cl)Nc1ccc(Sc2nncs2)cc1. The van der Waals surface area contributed by atoms with Gasteiger partial charge in [0, 0.05) is 22.0 Å². The van der Waals surface area contributed by atoms with Gasteiger partial charge in [-0.2, -0.15) is 0 Å². The molecule has 27 heavy (non-hydrogen) atoms. The Balaban J connectivity index is 1.40. The molecule has 0 radical (unpaired) electrons. The van der Waals surface area contributed by atoms with Gasteiger partial charge in [0.1, 0.15) is 11.3 Å². The van der Waals surface area contributed by atoms with E-state index >= 15 is 0 Å². The van der Waals surface area contributed by atoms with E-state index in [-0.39, 0.29) is 5.91 Å². The maximum Gasteiger partial charge on any atom is 0.224 e. The number of benzene rings is 2. The zero-order valence-corrected chi connectivity index (χ0v) is 17.2. The molecule has 2 aromatic carbocycles. The summed E-state index contributed by atoms with van der Waals surface area (Å²) in [6.45, 7) is 0.395. The first-order chi connectivity index (χ1) is 13.1. The number of carbonyl (C=O) groups is 1. The van der Waals surface area contributed by atoms with Crippen LogP contribution in [0.4, 0.5) is 5.69 Å². The molecular formula is C18H15Cl2N3O2S2. The van der Waals surface area contributed by atoms with Crippen molar-refractivity contribution >= 4 is 57.9 Å². The van der Waals surface area contributed by atoms with E-state index in [2.05, 4.69) is 15.5 Å². The maximum atomic E-state index is 12.0. The van der Waals surface area contributed by atoms with E-state index in [1.54, 1.807) is 23.7 Å². The van der Waals surface area contributed by atoms with E-state index in [1.165, 1.54) is 23.1 Å². The third kappa shape index (κ3) is 6.39. The van der Waals surface area contributed by atoms with Crippen molar-refractivity contribution in [3.05, 3.63) is 58.0 Å². The zero-order chi connectivity index (χ0) is 19.1. The topological polar surface area (TPSA) is 64.1 Å². The van der Waals surface area contributed by atoms with Gasteiger partial charge in [0.05, 0.1) is 11.6 Å². The second-order valence-electron chi connectivity index (χ2n) is 5.41. The number of hydrogen-bond donors (Lipinski definition) is 1. The van der Waals surface area contributed by atoms with E-state index < -0.39 is 0 Å². The molecule has 0 spiro atoms. The fraction of sp³-hybridized carbons (Fsp3) is 0.167. The fourth-order valence-electron chi connectivity index (χ4n) is 2.15. The molecule has 0 unspecified atom stereocenters. The highest BCUT2D eigenvalue weighted by Gasteiger charge is 2.06. The molecule has 1 amide bonds. The lowest BCUT2D eigenvalue weighted by Crippen LogP contribution is -2.12. The Bertz CT molecular complexity index is 890. The molecule has 1 N–H and O–H groups in total. The molecule has 0 aliphatic heterocycles. The Hall–Kier alpha value is -1.80. The van der Waals surface area contributed by atoms with E-state index in [4.69, 9.17) is 27.9 Å². The van der Waals surface area contributed by atoms with Gasteiger partial charge in [-0.3, -0.25) is 4.79 Å². The molecule has 140 valence electrons. The first-order valence-corrected chi connectivity index (χ1v) is 10.5. The van der Waals surface area contributed by atoms with Gasteiger partial charge in [0.25, 0.3) is 0 Å². The molecule has 0 aliphatic carbocycles. The molecule has 3 aromatic rings. The summed E-state index contributed by atoms with van der Waals surface area (Å²) in [5.41, 5.74) is 2.45. The minimum Gasteiger partial charge on any atom is -0.492 e. The quantitative estimate of drug-likeness (QED) is 0.449. The summed E-state index contributed by atoms with van der Waals surface area (Å²) in [6.07, 6.45) is 0.933. The van der Waals surface area contributed by atoms with Gasteiger partial charge in [0.2, 0.25) is 5.91 Å². The molecular weight excluding hydrogens is 425 g/mol. The summed E-state index contributed by atoms with van der Waals surface area (Å²) in [4.78, 5) is 13.1. The lowest BCUT2D eigenvalue weighted by Gasteiger charge is -2.09. The standard InChI is InChI=1S/C18H15Cl2N3O2S2/c19-12-3-8-16(15(20)10-12)25-9-1-2-17(24)22-13-4-6-14(7-5-13)27-18-23-21-11-26-18/h3-8,10-11H,1-2,9H2,(H,22,24). The van der Waals surface area contributed by atoms with Crippen LogP contribution in [-0.4, -0.2) is 22.7 Å². The van der Waals surface area contributed by atoms with Crippen LogP contribution >= 0.6 is 46.3 Å². The van der Waals surface area contributed by atoms with Crippen LogP contribution in [0.15, 0.2) is 57.2 Å². The monoisotopic (exact) mass is 439 g/mol. The van der Waals surface area contributed by atoms with Crippen LogP contribution in [0.25, 0.3) is 0 Å². The molecule has 3 rings (SSSR count). The highest BCUT2D eigenvalue weighted by atomic mass is 35.5. The number of hydrogen-bond acceptors (Lipinski definition) is 6. The summed E-state index contributed by atoms with van der Waals surface area (Å²) in [7, 11) is 0. The fourth-order valence-corrected chi connectivity index (χ4v) is 4.06. The van der Waals surface area contributed by atoms with Gasteiger partial charge in [-0.1, -0.05) is 46.3 Å². The van der Waals surface area contributed by atoms with E-state index in [1.807, 2.05) is 24.3 Å². The molecule has 0 aliphatic rings. The van der Waals surface area contributed by atoms with Gasteiger partial charge >= 0.3 is 0 Å². The van der Waals surface area contributed by atoms with Crippen LogP contribution in [0.5, 0.6) is 5.75 Å². The van der Waals surface area contributed by atoms with Gasteiger partial charge < -0.3 is 10.1 Å². The Kier molecular flexibility index (Phi) is 7.34. The molecule has 0 saturated heterocycles. The summed E-state index contributed by atoms with van der Waals surface area (Å²) in [5, 5.41) is 11.7. The Labute approximate surface area is 175 Å². The van der Waals surface area contributed by atoms with Crippen LogP contribution in [-0.2, 0) is 4.79 Å². The van der Waals surface area contributed by atoms with Crippen molar-refractivity contribution < 1.29 is 9.53 Å². The smallest absolute Gasteiger partial charge is 0.224 e. The van der Waals surface area contributed by atoms with Crippen molar-refractivity contribution in [2.24, 2.45) is 0 Å². The number of amides is 1. The number of rotatable bonds is 8. The van der Waals surface area contributed by atoms with E-state index in [0.717, 1.165) is 14.9 Å². The normalized spacial score (nSPS) is 10.6. The molecule has 9 heteroatoms. The number of ether oxygens (including phenoxy) is 1. The number of nitrogens with one attached hydrogen (secondary N) is 1. The lowest BCUT2D eigenvalue weighted by atomic mass is 10.2. The number of aromatic nitrogens is 2. The Morgan fingerprint density at radius 2 is 2.00 bits per heavy atom. The lowest BCUT2D eigenvalue weighted by molar-refractivity contribution is -0.116. The minimum absolute atomic E-state index is 0.0645. The average molecular weight is 440 g/mol. The van der Waals surface area contributed by atoms with Gasteiger partial charge in [-0.25, -0.2) is 0 Å². The third-order valence-electron chi connectivity index (χ3n) is 3.38. The van der Waals surface area contributed by atoms with Crippen LogP contribution in [0.1, 0.15) is 12.8 Å². The molecule has 5 nitrogen and oxygen atoms in total.